The number of carbonyl (C=O) groups excluding carboxylic acids is 1. The first-order valence-corrected chi connectivity index (χ1v) is 5.72. The Morgan fingerprint density at radius 1 is 1.28 bits per heavy atom. The van der Waals surface area contributed by atoms with Crippen molar-refractivity contribution < 1.29 is 30.0 Å². The van der Waals surface area contributed by atoms with E-state index in [1.165, 1.54) is 6.92 Å². The predicted molar refractivity (Wildman–Crippen MR) is 60.4 cm³/mol. The van der Waals surface area contributed by atoms with Crippen molar-refractivity contribution in [3.05, 3.63) is 0 Å². The molecule has 0 bridgehead atoms. The molecule has 7 N–H and O–H groups in total. The molecule has 1 aliphatic heterocycles. The molecule has 106 valence electrons. The van der Waals surface area contributed by atoms with Crippen molar-refractivity contribution in [1.29, 1.82) is 0 Å². The molecule has 0 aliphatic carbocycles. The fraction of sp³-hybridized carbons (Fsp3) is 0.900. The molecule has 1 rings (SSSR count). The topological polar surface area (TPSA) is 145 Å². The van der Waals surface area contributed by atoms with Gasteiger partial charge in [-0.25, -0.2) is 0 Å². The smallest absolute Gasteiger partial charge is 0.236 e. The van der Waals surface area contributed by atoms with E-state index in [9.17, 15) is 20.1 Å². The molecule has 8 nitrogen and oxygen atoms in total. The van der Waals surface area contributed by atoms with Crippen LogP contribution in [0.3, 0.4) is 0 Å². The van der Waals surface area contributed by atoms with Gasteiger partial charge in [0.15, 0.2) is 0 Å². The zero-order valence-electron chi connectivity index (χ0n) is 10.1. The maximum atomic E-state index is 11.3. The highest BCUT2D eigenvalue weighted by atomic mass is 16.5. The summed E-state index contributed by atoms with van der Waals surface area (Å²) in [7, 11) is 0. The Morgan fingerprint density at radius 3 is 2.33 bits per heavy atom. The third-order valence-electron chi connectivity index (χ3n) is 2.88. The summed E-state index contributed by atoms with van der Waals surface area (Å²) in [6.07, 6.45) is -6.07. The Bertz CT molecular complexity index is 286. The molecule has 1 saturated heterocycles. The highest BCUT2D eigenvalue weighted by Gasteiger charge is 2.43. The minimum absolute atomic E-state index is 0.0676. The van der Waals surface area contributed by atoms with Crippen molar-refractivity contribution in [2.45, 2.75) is 43.5 Å². The fourth-order valence-corrected chi connectivity index (χ4v) is 1.71. The molecule has 0 aromatic heterocycles. The van der Waals surface area contributed by atoms with Gasteiger partial charge >= 0.3 is 0 Å². The number of carbonyl (C=O) groups is 1. The van der Waals surface area contributed by atoms with Crippen molar-refractivity contribution >= 4 is 5.91 Å². The SMILES string of the molecule is C[C@H](N)C(=O)NC[C@H]1OC(CO)C(O)[C@H](O)C1O. The zero-order chi connectivity index (χ0) is 13.9. The van der Waals surface area contributed by atoms with Gasteiger partial charge in [-0.3, -0.25) is 4.79 Å². The van der Waals surface area contributed by atoms with Gasteiger partial charge in [0.1, 0.15) is 30.5 Å². The summed E-state index contributed by atoms with van der Waals surface area (Å²) >= 11 is 0. The van der Waals surface area contributed by atoms with Gasteiger partial charge in [0.25, 0.3) is 0 Å². The Hall–Kier alpha value is -0.770. The molecule has 6 atom stereocenters. The van der Waals surface area contributed by atoms with Gasteiger partial charge in [0.2, 0.25) is 5.91 Å². The molecule has 0 spiro atoms. The number of hydrogen-bond donors (Lipinski definition) is 6. The number of aliphatic hydroxyl groups is 4. The summed E-state index contributed by atoms with van der Waals surface area (Å²) < 4.78 is 5.20. The average molecular weight is 264 g/mol. The molecule has 0 radical (unpaired) electrons. The van der Waals surface area contributed by atoms with Crippen LogP contribution in [0.15, 0.2) is 0 Å². The third-order valence-corrected chi connectivity index (χ3v) is 2.88. The van der Waals surface area contributed by atoms with Crippen LogP contribution in [0.5, 0.6) is 0 Å². The lowest BCUT2D eigenvalue weighted by molar-refractivity contribution is -0.227. The van der Waals surface area contributed by atoms with Crippen LogP contribution >= 0.6 is 0 Å². The Kier molecular flexibility index (Phi) is 5.45. The molecule has 1 fully saturated rings. The van der Waals surface area contributed by atoms with Gasteiger partial charge in [0, 0.05) is 6.54 Å². The molecule has 3 unspecified atom stereocenters. The zero-order valence-corrected chi connectivity index (χ0v) is 10.1. The van der Waals surface area contributed by atoms with Crippen LogP contribution in [0.2, 0.25) is 0 Å². The van der Waals surface area contributed by atoms with Gasteiger partial charge in [-0.15, -0.1) is 0 Å². The van der Waals surface area contributed by atoms with Crippen molar-refractivity contribution in [3.63, 3.8) is 0 Å². The number of amides is 1. The number of rotatable bonds is 4. The first kappa shape index (κ1) is 15.3. The summed E-state index contributed by atoms with van der Waals surface area (Å²) in [5.41, 5.74) is 5.34. The van der Waals surface area contributed by atoms with Crippen LogP contribution in [0.25, 0.3) is 0 Å². The lowest BCUT2D eigenvalue weighted by Crippen LogP contribution is -2.61. The van der Waals surface area contributed by atoms with E-state index in [-0.39, 0.29) is 6.54 Å². The quantitative estimate of drug-likeness (QED) is 0.306. The molecule has 0 aromatic rings. The summed E-state index contributed by atoms with van der Waals surface area (Å²) in [6.45, 7) is 0.938. The van der Waals surface area contributed by atoms with Crippen LogP contribution < -0.4 is 11.1 Å². The highest BCUT2D eigenvalue weighted by Crippen LogP contribution is 2.20. The fourth-order valence-electron chi connectivity index (χ4n) is 1.71. The normalized spacial score (nSPS) is 38.2. The maximum Gasteiger partial charge on any atom is 0.236 e. The number of hydrogen-bond acceptors (Lipinski definition) is 7. The summed E-state index contributed by atoms with van der Waals surface area (Å²) in [4.78, 5) is 11.3. The molecule has 8 heteroatoms. The van der Waals surface area contributed by atoms with Gasteiger partial charge < -0.3 is 36.2 Å². The average Bonchev–Trinajstić information content (AvgIpc) is 2.34. The Morgan fingerprint density at radius 2 is 1.83 bits per heavy atom. The molecule has 1 aliphatic rings. The molecule has 1 amide bonds. The Balaban J connectivity index is 2.57. The molecule has 18 heavy (non-hydrogen) atoms. The molecule has 1 heterocycles. The summed E-state index contributed by atoms with van der Waals surface area (Å²) in [5.74, 6) is -0.424. The number of ether oxygens (including phenoxy) is 1. The van der Waals surface area contributed by atoms with Gasteiger partial charge in [-0.2, -0.15) is 0 Å². The van der Waals surface area contributed by atoms with Gasteiger partial charge in [-0.1, -0.05) is 0 Å². The first-order chi connectivity index (χ1) is 8.38. The summed E-state index contributed by atoms with van der Waals surface area (Å²) in [6, 6.07) is -0.699. The summed E-state index contributed by atoms with van der Waals surface area (Å²) in [5, 5.41) is 40.1. The highest BCUT2D eigenvalue weighted by molar-refractivity contribution is 5.80. The van der Waals surface area contributed by atoms with E-state index in [4.69, 9.17) is 15.6 Å². The molecular formula is C10H20N2O6. The largest absolute Gasteiger partial charge is 0.394 e. The van der Waals surface area contributed by atoms with Crippen molar-refractivity contribution in [2.75, 3.05) is 13.2 Å². The number of nitrogens with two attached hydrogens (primary N) is 1. The number of aliphatic hydroxyl groups excluding tert-OH is 4. The van der Waals surface area contributed by atoms with Crippen LogP contribution in [0.1, 0.15) is 6.92 Å². The van der Waals surface area contributed by atoms with Crippen molar-refractivity contribution in [3.8, 4) is 0 Å². The van der Waals surface area contributed by atoms with Gasteiger partial charge in [-0.05, 0) is 6.92 Å². The van der Waals surface area contributed by atoms with E-state index in [0.717, 1.165) is 0 Å². The molecule has 0 saturated carbocycles. The van der Waals surface area contributed by atoms with E-state index in [1.807, 2.05) is 0 Å². The van der Waals surface area contributed by atoms with E-state index in [1.54, 1.807) is 0 Å². The molecule has 0 aromatic carbocycles. The van der Waals surface area contributed by atoms with Crippen molar-refractivity contribution in [2.24, 2.45) is 5.73 Å². The van der Waals surface area contributed by atoms with Crippen molar-refractivity contribution in [1.82, 2.24) is 5.32 Å². The second-order valence-corrected chi connectivity index (χ2v) is 4.40. The standard InChI is InChI=1S/C10H20N2O6/c1-4(11)10(17)12-2-5-7(14)9(16)8(15)6(3-13)18-5/h4-9,13-16H,2-3,11H2,1H3,(H,12,17)/t4-,5+,6?,7?,8?,9+/m0/s1. The third kappa shape index (κ3) is 3.37. The number of nitrogens with one attached hydrogen (secondary N) is 1. The predicted octanol–water partition coefficient (Wildman–Crippen LogP) is -3.71. The van der Waals surface area contributed by atoms with E-state index < -0.39 is 49.1 Å². The lowest BCUT2D eigenvalue weighted by Gasteiger charge is -2.40. The van der Waals surface area contributed by atoms with E-state index in [0.29, 0.717) is 0 Å². The second kappa shape index (κ2) is 6.41. The lowest BCUT2D eigenvalue weighted by atomic mass is 9.95. The molecular weight excluding hydrogens is 244 g/mol. The van der Waals surface area contributed by atoms with Crippen LogP contribution in [-0.4, -0.2) is 76.0 Å². The van der Waals surface area contributed by atoms with Crippen LogP contribution in [-0.2, 0) is 9.53 Å². The monoisotopic (exact) mass is 264 g/mol. The van der Waals surface area contributed by atoms with Crippen LogP contribution in [0, 0.1) is 0 Å². The van der Waals surface area contributed by atoms with Crippen LogP contribution in [0.4, 0.5) is 0 Å². The Labute approximate surface area is 104 Å². The first-order valence-electron chi connectivity index (χ1n) is 5.72. The maximum absolute atomic E-state index is 11.3. The minimum Gasteiger partial charge on any atom is -0.394 e. The minimum atomic E-state index is -1.44. The van der Waals surface area contributed by atoms with E-state index in [2.05, 4.69) is 5.32 Å². The second-order valence-electron chi connectivity index (χ2n) is 4.40. The van der Waals surface area contributed by atoms with E-state index >= 15 is 0 Å². The van der Waals surface area contributed by atoms with Gasteiger partial charge in [0.05, 0.1) is 12.6 Å².